The van der Waals surface area contributed by atoms with Gasteiger partial charge in [-0.3, -0.25) is 0 Å². The summed E-state index contributed by atoms with van der Waals surface area (Å²) in [5.41, 5.74) is -0.113. The molecule has 2 bridgehead atoms. The van der Waals surface area contributed by atoms with Crippen molar-refractivity contribution in [3.8, 4) is 0 Å². The van der Waals surface area contributed by atoms with E-state index in [1.807, 2.05) is 0 Å². The monoisotopic (exact) mass is 157 g/mol. The maximum Gasteiger partial charge on any atom is 0.277 e. The summed E-state index contributed by atoms with van der Waals surface area (Å²) < 4.78 is 23.5. The largest absolute Gasteiger partial charge is 0.277 e. The van der Waals surface area contributed by atoms with Crippen molar-refractivity contribution in [3.63, 3.8) is 0 Å². The van der Waals surface area contributed by atoms with Gasteiger partial charge in [-0.05, 0) is 25.2 Å². The molecule has 3 fully saturated rings. The molecule has 0 spiro atoms. The van der Waals surface area contributed by atoms with E-state index in [0.717, 1.165) is 25.2 Å². The Morgan fingerprint density at radius 2 is 1.90 bits per heavy atom. The number of hydrogen-bond acceptors (Lipinski definition) is 2. The predicted octanol–water partition coefficient (Wildman–Crippen LogP) is -0.458. The molecule has 10 heavy (non-hydrogen) atoms. The molecular weight excluding hydrogens is 149 g/mol. The topological polar surface area (TPSA) is 46.2 Å². The van der Waals surface area contributed by atoms with Gasteiger partial charge in [-0.2, -0.15) is 0 Å². The fourth-order valence-corrected chi connectivity index (χ4v) is 2.76. The van der Waals surface area contributed by atoms with Crippen LogP contribution in [0.4, 0.5) is 0 Å². The van der Waals surface area contributed by atoms with E-state index in [-0.39, 0.29) is 5.54 Å². The zero-order valence-corrected chi connectivity index (χ0v) is 6.32. The van der Waals surface area contributed by atoms with E-state index in [0.29, 0.717) is 0 Å². The van der Waals surface area contributed by atoms with Crippen molar-refractivity contribution in [1.29, 1.82) is 0 Å². The molecule has 54 valence electrons. The van der Waals surface area contributed by atoms with E-state index < -0.39 is 9.87 Å². The second kappa shape index (κ2) is 1.59. The summed E-state index contributed by atoms with van der Waals surface area (Å²) in [6, 6.07) is 0. The maximum absolute atomic E-state index is 10.5. The first-order chi connectivity index (χ1) is 4.49. The summed E-state index contributed by atoms with van der Waals surface area (Å²) in [4.78, 5) is 0. The summed E-state index contributed by atoms with van der Waals surface area (Å²) in [5.74, 6) is 0.772. The molecule has 0 aliphatic heterocycles. The van der Waals surface area contributed by atoms with Gasteiger partial charge in [-0.15, -0.1) is 0 Å². The lowest BCUT2D eigenvalue weighted by molar-refractivity contribution is -0.0312. The van der Waals surface area contributed by atoms with Crippen molar-refractivity contribution in [2.75, 3.05) is 0 Å². The van der Waals surface area contributed by atoms with Gasteiger partial charge >= 0.3 is 0 Å². The molecule has 0 unspecified atom stereocenters. The standard InChI is InChI=1S/C5H8BNO2S/c6-10(8,9)7-5-1-4(2-5)3-5/h4,7H,1-3H2. The maximum atomic E-state index is 10.5. The average Bonchev–Trinajstić information content (AvgIpc) is 1.48. The third-order valence-electron chi connectivity index (χ3n) is 2.40. The smallest absolute Gasteiger partial charge is 0.227 e. The zero-order valence-electron chi connectivity index (χ0n) is 5.50. The molecule has 0 aromatic carbocycles. The second-order valence-corrected chi connectivity index (χ2v) is 4.70. The first-order valence-electron chi connectivity index (χ1n) is 3.31. The lowest BCUT2D eigenvalue weighted by Gasteiger charge is -2.61. The molecule has 3 aliphatic rings. The van der Waals surface area contributed by atoms with Crippen LogP contribution in [0.2, 0.25) is 0 Å². The average molecular weight is 157 g/mol. The van der Waals surface area contributed by atoms with Crippen LogP contribution in [0.15, 0.2) is 0 Å². The van der Waals surface area contributed by atoms with Crippen LogP contribution < -0.4 is 4.72 Å². The van der Waals surface area contributed by atoms with Gasteiger partial charge in [0.05, 0.1) is 0 Å². The van der Waals surface area contributed by atoms with E-state index in [2.05, 4.69) is 4.72 Å². The second-order valence-electron chi connectivity index (χ2n) is 3.41. The Kier molecular flexibility index (Phi) is 1.06. The highest BCUT2D eigenvalue weighted by Gasteiger charge is 2.57. The van der Waals surface area contributed by atoms with Gasteiger partial charge < -0.3 is 0 Å². The highest BCUT2D eigenvalue weighted by Crippen LogP contribution is 2.57. The minimum absolute atomic E-state index is 0.113. The number of nitrogens with one attached hydrogen (secondary N) is 1. The normalized spacial score (nSPS) is 43.8. The van der Waals surface area contributed by atoms with Crippen molar-refractivity contribution < 1.29 is 8.42 Å². The Balaban J connectivity index is 2.03. The van der Waals surface area contributed by atoms with Crippen LogP contribution in [0, 0.1) is 5.92 Å². The Bertz CT molecular complexity index is 244. The van der Waals surface area contributed by atoms with Crippen LogP contribution in [0.5, 0.6) is 0 Å². The first-order valence-corrected chi connectivity index (χ1v) is 4.85. The van der Waals surface area contributed by atoms with E-state index in [1.54, 1.807) is 0 Å². The first kappa shape index (κ1) is 6.67. The molecule has 0 aromatic heterocycles. The molecule has 3 nitrogen and oxygen atoms in total. The molecule has 0 aromatic rings. The molecule has 0 saturated heterocycles. The van der Waals surface area contributed by atoms with Crippen molar-refractivity contribution in [1.82, 2.24) is 4.72 Å². The number of hydrogen-bond donors (Lipinski definition) is 1. The summed E-state index contributed by atoms with van der Waals surface area (Å²) in [5, 5.41) is 0. The fraction of sp³-hybridized carbons (Fsp3) is 1.00. The third-order valence-corrected chi connectivity index (χ3v) is 3.11. The minimum Gasteiger partial charge on any atom is -0.227 e. The zero-order chi connectivity index (χ0) is 7.41. The molecule has 0 amide bonds. The highest BCUT2D eigenvalue weighted by atomic mass is 32.2. The Hall–Kier alpha value is -0.0251. The molecule has 0 heterocycles. The van der Waals surface area contributed by atoms with Gasteiger partial charge in [-0.1, -0.05) is 0 Å². The summed E-state index contributed by atoms with van der Waals surface area (Å²) >= 11 is 0. The van der Waals surface area contributed by atoms with E-state index in [4.69, 9.17) is 7.12 Å². The third kappa shape index (κ3) is 0.882. The summed E-state index contributed by atoms with van der Waals surface area (Å²) in [6.07, 6.45) is 2.97. The lowest BCUT2D eigenvalue weighted by Crippen LogP contribution is -2.67. The molecule has 2 radical (unpaired) electrons. The molecule has 5 heteroatoms. The van der Waals surface area contributed by atoms with Crippen LogP contribution in [-0.2, 0) is 9.87 Å². The Labute approximate surface area is 61.5 Å². The molecule has 1 N–H and O–H groups in total. The predicted molar refractivity (Wildman–Crippen MR) is 37.9 cm³/mol. The lowest BCUT2D eigenvalue weighted by atomic mass is 9.50. The van der Waals surface area contributed by atoms with E-state index in [9.17, 15) is 8.42 Å². The van der Waals surface area contributed by atoms with Crippen LogP contribution in [-0.4, -0.2) is 21.1 Å². The van der Waals surface area contributed by atoms with E-state index >= 15 is 0 Å². The Morgan fingerprint density at radius 3 is 2.00 bits per heavy atom. The van der Waals surface area contributed by atoms with Crippen molar-refractivity contribution in [2.24, 2.45) is 5.92 Å². The number of rotatable bonds is 2. The molecule has 3 saturated carbocycles. The van der Waals surface area contributed by atoms with Gasteiger partial charge in [0.15, 0.2) is 0 Å². The van der Waals surface area contributed by atoms with Crippen molar-refractivity contribution >= 4 is 17.0 Å². The molecule has 3 rings (SSSR count). The summed E-state index contributed by atoms with van der Waals surface area (Å²) in [7, 11) is 1.36. The van der Waals surface area contributed by atoms with Gasteiger partial charge in [0.2, 0.25) is 0 Å². The Morgan fingerprint density at radius 1 is 1.40 bits per heavy atom. The quantitative estimate of drug-likeness (QED) is 0.551. The molecule has 3 aliphatic carbocycles. The minimum atomic E-state index is -3.45. The molecule has 0 atom stereocenters. The van der Waals surface area contributed by atoms with Crippen LogP contribution in [0.3, 0.4) is 0 Å². The molecular formula is C5H8BNO2S. The van der Waals surface area contributed by atoms with Crippen molar-refractivity contribution in [3.05, 3.63) is 0 Å². The van der Waals surface area contributed by atoms with Gasteiger partial charge in [0, 0.05) is 5.54 Å². The fourth-order valence-electron chi connectivity index (χ4n) is 1.91. The van der Waals surface area contributed by atoms with Gasteiger partial charge in [-0.25, -0.2) is 13.1 Å². The van der Waals surface area contributed by atoms with Crippen molar-refractivity contribution in [2.45, 2.75) is 24.8 Å². The summed E-state index contributed by atoms with van der Waals surface area (Å²) in [6.45, 7) is 0. The van der Waals surface area contributed by atoms with Gasteiger partial charge in [0.1, 0.15) is 9.87 Å². The van der Waals surface area contributed by atoms with Crippen LogP contribution >= 0.6 is 0 Å². The van der Waals surface area contributed by atoms with Crippen LogP contribution in [0.1, 0.15) is 19.3 Å². The van der Waals surface area contributed by atoms with E-state index in [1.165, 1.54) is 0 Å². The van der Waals surface area contributed by atoms with Crippen LogP contribution in [0.25, 0.3) is 0 Å². The van der Waals surface area contributed by atoms with Gasteiger partial charge in [0.25, 0.3) is 7.12 Å². The SMILES string of the molecule is [B]S(=O)(=O)NC12CC(C1)C2. The highest BCUT2D eigenvalue weighted by molar-refractivity contribution is 8.10.